The van der Waals surface area contributed by atoms with Gasteiger partial charge in [0.15, 0.2) is 0 Å². The molecule has 8 heteroatoms. The predicted octanol–water partition coefficient (Wildman–Crippen LogP) is 1.66. The molecule has 0 unspecified atom stereocenters. The van der Waals surface area contributed by atoms with Crippen LogP contribution in [0.1, 0.15) is 12.0 Å². The second-order valence-electron chi connectivity index (χ2n) is 3.95. The van der Waals surface area contributed by atoms with Gasteiger partial charge in [0.2, 0.25) is 5.91 Å². The smallest absolute Gasteiger partial charge is 0.383 e. The lowest BCUT2D eigenvalue weighted by atomic mass is 10.3. The number of methoxy groups -OCH3 is 1. The fraction of sp³-hybridized carbons (Fsp3) is 0.500. The van der Waals surface area contributed by atoms with Crippen molar-refractivity contribution in [2.24, 2.45) is 0 Å². The molecular formula is C12H16F3N3O2. The van der Waals surface area contributed by atoms with Crippen molar-refractivity contribution in [1.29, 1.82) is 0 Å². The second-order valence-corrected chi connectivity index (χ2v) is 3.95. The van der Waals surface area contributed by atoms with E-state index < -0.39 is 11.7 Å². The van der Waals surface area contributed by atoms with Crippen molar-refractivity contribution in [3.8, 4) is 0 Å². The Morgan fingerprint density at radius 1 is 1.35 bits per heavy atom. The van der Waals surface area contributed by atoms with Gasteiger partial charge < -0.3 is 15.4 Å². The first-order chi connectivity index (χ1) is 9.43. The summed E-state index contributed by atoms with van der Waals surface area (Å²) in [6, 6.07) is 2.17. The number of ether oxygens (including phenoxy) is 1. The van der Waals surface area contributed by atoms with Crippen LogP contribution in [0.2, 0.25) is 0 Å². The van der Waals surface area contributed by atoms with Gasteiger partial charge in [-0.1, -0.05) is 0 Å². The highest BCUT2D eigenvalue weighted by atomic mass is 19.4. The van der Waals surface area contributed by atoms with Crippen LogP contribution in [0.3, 0.4) is 0 Å². The molecule has 0 aromatic carbocycles. The summed E-state index contributed by atoms with van der Waals surface area (Å²) in [6.07, 6.45) is -3.44. The number of hydrogen-bond acceptors (Lipinski definition) is 4. The van der Waals surface area contributed by atoms with Crippen molar-refractivity contribution in [3.63, 3.8) is 0 Å². The Labute approximate surface area is 114 Å². The number of amides is 1. The SMILES string of the molecule is COCCNC(=O)CCNc1ccc(C(F)(F)F)cn1. The summed E-state index contributed by atoms with van der Waals surface area (Å²) in [4.78, 5) is 15.0. The maximum Gasteiger partial charge on any atom is 0.417 e. The number of halogens is 3. The molecule has 0 aliphatic heterocycles. The standard InChI is InChI=1S/C12H16F3N3O2/c1-20-7-6-17-11(19)4-5-16-10-3-2-9(8-18-10)12(13,14)15/h2-3,8H,4-7H2,1H3,(H,16,18)(H,17,19). The summed E-state index contributed by atoms with van der Waals surface area (Å²) >= 11 is 0. The Kier molecular flexibility index (Phi) is 6.23. The number of pyridine rings is 1. The van der Waals surface area contributed by atoms with Crippen LogP contribution in [0.25, 0.3) is 0 Å². The first kappa shape index (κ1) is 16.2. The van der Waals surface area contributed by atoms with Crippen molar-refractivity contribution in [1.82, 2.24) is 10.3 Å². The fourth-order valence-corrected chi connectivity index (χ4v) is 1.35. The van der Waals surface area contributed by atoms with Gasteiger partial charge in [-0.2, -0.15) is 13.2 Å². The number of rotatable bonds is 7. The van der Waals surface area contributed by atoms with E-state index in [0.717, 1.165) is 12.3 Å². The van der Waals surface area contributed by atoms with Crippen molar-refractivity contribution in [2.75, 3.05) is 32.1 Å². The molecule has 0 aliphatic rings. The maximum atomic E-state index is 12.3. The van der Waals surface area contributed by atoms with Crippen molar-refractivity contribution >= 4 is 11.7 Å². The number of aromatic nitrogens is 1. The Morgan fingerprint density at radius 2 is 2.10 bits per heavy atom. The van der Waals surface area contributed by atoms with Gasteiger partial charge in [0, 0.05) is 32.8 Å². The fourth-order valence-electron chi connectivity index (χ4n) is 1.35. The molecule has 0 bridgehead atoms. The molecule has 1 aromatic heterocycles. The van der Waals surface area contributed by atoms with E-state index in [1.165, 1.54) is 13.2 Å². The van der Waals surface area contributed by atoms with E-state index >= 15 is 0 Å². The Hall–Kier alpha value is -1.83. The predicted molar refractivity (Wildman–Crippen MR) is 67.2 cm³/mol. The van der Waals surface area contributed by atoms with Crippen molar-refractivity contribution in [3.05, 3.63) is 23.9 Å². The summed E-state index contributed by atoms with van der Waals surface area (Å²) in [5.41, 5.74) is -0.805. The minimum absolute atomic E-state index is 0.165. The van der Waals surface area contributed by atoms with Crippen LogP contribution in [-0.2, 0) is 15.7 Å². The first-order valence-electron chi connectivity index (χ1n) is 5.96. The van der Waals surface area contributed by atoms with Crippen molar-refractivity contribution in [2.45, 2.75) is 12.6 Å². The normalized spacial score (nSPS) is 11.2. The third kappa shape index (κ3) is 5.87. The Bertz CT molecular complexity index is 421. The summed E-state index contributed by atoms with van der Waals surface area (Å²) in [7, 11) is 1.53. The zero-order chi connectivity index (χ0) is 15.0. The molecule has 0 aliphatic carbocycles. The van der Waals surface area contributed by atoms with Crippen LogP contribution < -0.4 is 10.6 Å². The lowest BCUT2D eigenvalue weighted by Gasteiger charge is -2.08. The Balaban J connectivity index is 2.30. The quantitative estimate of drug-likeness (QED) is 0.750. The summed E-state index contributed by atoms with van der Waals surface area (Å²) in [5.74, 6) is 0.129. The molecule has 1 rings (SSSR count). The van der Waals surface area contributed by atoms with Gasteiger partial charge in [0.05, 0.1) is 12.2 Å². The van der Waals surface area contributed by atoms with E-state index in [1.807, 2.05) is 0 Å². The van der Waals surface area contributed by atoms with Crippen LogP contribution in [-0.4, -0.2) is 37.7 Å². The van der Waals surface area contributed by atoms with Gasteiger partial charge in [-0.05, 0) is 12.1 Å². The minimum Gasteiger partial charge on any atom is -0.383 e. The molecule has 0 radical (unpaired) electrons. The Morgan fingerprint density at radius 3 is 2.65 bits per heavy atom. The molecule has 1 heterocycles. The van der Waals surface area contributed by atoms with Gasteiger partial charge in [-0.25, -0.2) is 4.98 Å². The molecule has 5 nitrogen and oxygen atoms in total. The van der Waals surface area contributed by atoms with Gasteiger partial charge >= 0.3 is 6.18 Å². The van der Waals surface area contributed by atoms with E-state index in [9.17, 15) is 18.0 Å². The lowest BCUT2D eigenvalue weighted by Crippen LogP contribution is -2.28. The number of anilines is 1. The van der Waals surface area contributed by atoms with E-state index in [0.29, 0.717) is 19.0 Å². The number of carbonyl (C=O) groups is 1. The molecular weight excluding hydrogens is 275 g/mol. The topological polar surface area (TPSA) is 63.2 Å². The largest absolute Gasteiger partial charge is 0.417 e. The summed E-state index contributed by atoms with van der Waals surface area (Å²) in [5, 5.41) is 5.40. The summed E-state index contributed by atoms with van der Waals surface area (Å²) in [6.45, 7) is 1.14. The van der Waals surface area contributed by atoms with Crippen LogP contribution >= 0.6 is 0 Å². The van der Waals surface area contributed by atoms with Crippen LogP contribution in [0, 0.1) is 0 Å². The van der Waals surface area contributed by atoms with Gasteiger partial charge in [0.25, 0.3) is 0 Å². The molecule has 0 saturated carbocycles. The highest BCUT2D eigenvalue weighted by Crippen LogP contribution is 2.28. The van der Waals surface area contributed by atoms with Crippen LogP contribution in [0.5, 0.6) is 0 Å². The first-order valence-corrected chi connectivity index (χ1v) is 5.96. The van der Waals surface area contributed by atoms with E-state index in [1.54, 1.807) is 0 Å². The molecule has 2 N–H and O–H groups in total. The number of alkyl halides is 3. The van der Waals surface area contributed by atoms with E-state index in [4.69, 9.17) is 4.74 Å². The molecule has 20 heavy (non-hydrogen) atoms. The third-order valence-corrected chi connectivity index (χ3v) is 2.38. The summed E-state index contributed by atoms with van der Waals surface area (Å²) < 4.78 is 41.7. The number of carbonyl (C=O) groups excluding carboxylic acids is 1. The van der Waals surface area contributed by atoms with Crippen LogP contribution in [0.4, 0.5) is 19.0 Å². The number of hydrogen-bond donors (Lipinski definition) is 2. The number of nitrogens with zero attached hydrogens (tertiary/aromatic N) is 1. The molecule has 112 valence electrons. The van der Waals surface area contributed by atoms with Gasteiger partial charge in [-0.15, -0.1) is 0 Å². The maximum absolute atomic E-state index is 12.3. The molecule has 0 saturated heterocycles. The highest BCUT2D eigenvalue weighted by molar-refractivity contribution is 5.76. The van der Waals surface area contributed by atoms with Gasteiger partial charge in [0.1, 0.15) is 5.82 Å². The monoisotopic (exact) mass is 291 g/mol. The minimum atomic E-state index is -4.40. The average Bonchev–Trinajstić information content (AvgIpc) is 2.38. The molecule has 0 spiro atoms. The average molecular weight is 291 g/mol. The van der Waals surface area contributed by atoms with E-state index in [-0.39, 0.29) is 18.9 Å². The van der Waals surface area contributed by atoms with E-state index in [2.05, 4.69) is 15.6 Å². The molecule has 1 amide bonds. The zero-order valence-electron chi connectivity index (χ0n) is 11.0. The lowest BCUT2D eigenvalue weighted by molar-refractivity contribution is -0.137. The van der Waals surface area contributed by atoms with Gasteiger partial charge in [-0.3, -0.25) is 4.79 Å². The zero-order valence-corrected chi connectivity index (χ0v) is 11.0. The molecule has 0 fully saturated rings. The second kappa shape index (κ2) is 7.68. The van der Waals surface area contributed by atoms with Crippen LogP contribution in [0.15, 0.2) is 18.3 Å². The molecule has 1 aromatic rings. The number of nitrogens with one attached hydrogen (secondary N) is 2. The van der Waals surface area contributed by atoms with Crippen molar-refractivity contribution < 1.29 is 22.7 Å². The highest BCUT2D eigenvalue weighted by Gasteiger charge is 2.30. The molecule has 0 atom stereocenters. The third-order valence-electron chi connectivity index (χ3n) is 2.38.